The maximum atomic E-state index is 13.2. The molecule has 0 aliphatic carbocycles. The lowest BCUT2D eigenvalue weighted by Crippen LogP contribution is -2.49. The van der Waals surface area contributed by atoms with Crippen molar-refractivity contribution in [1.29, 1.82) is 0 Å². The molecule has 33 heavy (non-hydrogen) atoms. The largest absolute Gasteiger partial charge is 0.350 e. The van der Waals surface area contributed by atoms with Crippen molar-refractivity contribution in [3.8, 4) is 0 Å². The van der Waals surface area contributed by atoms with Crippen LogP contribution in [0, 0.1) is 0 Å². The molecule has 0 bridgehead atoms. The minimum absolute atomic E-state index is 0.266. The Morgan fingerprint density at radius 1 is 1.06 bits per heavy atom. The fraction of sp³-hybridized carbons (Fsp3) is 0.458. The Balaban J connectivity index is 1.78. The van der Waals surface area contributed by atoms with Crippen LogP contribution in [0.5, 0.6) is 0 Å². The van der Waals surface area contributed by atoms with Gasteiger partial charge in [-0.1, -0.05) is 60.8 Å². The Labute approximate surface area is 206 Å². The van der Waals surface area contributed by atoms with Crippen LogP contribution in [0.1, 0.15) is 43.7 Å². The molecule has 0 saturated carbocycles. The molecule has 1 atom stereocenters. The van der Waals surface area contributed by atoms with Gasteiger partial charge in [0.2, 0.25) is 15.9 Å². The summed E-state index contributed by atoms with van der Waals surface area (Å²) in [4.78, 5) is 15.6. The molecule has 1 unspecified atom stereocenters. The first kappa shape index (κ1) is 25.8. The van der Waals surface area contributed by atoms with Crippen molar-refractivity contribution in [1.82, 2.24) is 10.2 Å². The third-order valence-corrected chi connectivity index (χ3v) is 7.46. The quantitative estimate of drug-likeness (QED) is 0.522. The van der Waals surface area contributed by atoms with Crippen molar-refractivity contribution in [3.05, 3.63) is 63.6 Å². The van der Waals surface area contributed by atoms with Crippen LogP contribution in [0.4, 0.5) is 5.69 Å². The maximum Gasteiger partial charge on any atom is 0.244 e. The highest BCUT2D eigenvalue weighted by Gasteiger charge is 2.32. The van der Waals surface area contributed by atoms with E-state index in [4.69, 9.17) is 23.2 Å². The van der Waals surface area contributed by atoms with Crippen molar-refractivity contribution in [2.75, 3.05) is 23.7 Å². The molecule has 1 fully saturated rings. The number of nitrogens with zero attached hydrogens (tertiary/aromatic N) is 2. The van der Waals surface area contributed by atoms with Crippen molar-refractivity contribution < 1.29 is 13.2 Å². The normalized spacial score (nSPS) is 15.8. The number of rotatable bonds is 9. The number of nitrogens with one attached hydrogen (secondary N) is 1. The van der Waals surface area contributed by atoms with Gasteiger partial charge in [0.05, 0.1) is 11.9 Å². The van der Waals surface area contributed by atoms with E-state index in [0.29, 0.717) is 23.0 Å². The summed E-state index contributed by atoms with van der Waals surface area (Å²) in [5.74, 6) is -0.369. The number of sulfonamides is 1. The highest BCUT2D eigenvalue weighted by Crippen LogP contribution is 2.29. The first-order chi connectivity index (χ1) is 15.7. The summed E-state index contributed by atoms with van der Waals surface area (Å²) >= 11 is 12.2. The van der Waals surface area contributed by atoms with Gasteiger partial charge < -0.3 is 5.32 Å². The SMILES string of the molecule is CCC(C(=O)NCc1ccccc1CN1CCCCC1)N(c1cc(Cl)cc(Cl)c1)S(C)(=O)=O. The van der Waals surface area contributed by atoms with Gasteiger partial charge in [0, 0.05) is 23.1 Å². The molecule has 2 aromatic rings. The summed E-state index contributed by atoms with van der Waals surface area (Å²) < 4.78 is 26.4. The Hall–Kier alpha value is -1.80. The average Bonchev–Trinajstić information content (AvgIpc) is 2.75. The van der Waals surface area contributed by atoms with Crippen molar-refractivity contribution in [3.63, 3.8) is 0 Å². The lowest BCUT2D eigenvalue weighted by Gasteiger charge is -2.30. The van der Waals surface area contributed by atoms with Crippen LogP contribution in [0.3, 0.4) is 0 Å². The number of amides is 1. The molecule has 0 radical (unpaired) electrons. The second-order valence-corrected chi connectivity index (χ2v) is 11.2. The summed E-state index contributed by atoms with van der Waals surface area (Å²) in [7, 11) is -3.77. The van der Waals surface area contributed by atoms with Gasteiger partial charge in [-0.3, -0.25) is 14.0 Å². The van der Waals surface area contributed by atoms with Gasteiger partial charge in [0.1, 0.15) is 6.04 Å². The van der Waals surface area contributed by atoms with Crippen LogP contribution in [0.15, 0.2) is 42.5 Å². The summed E-state index contributed by atoms with van der Waals surface area (Å²) in [5, 5.41) is 3.55. The van der Waals surface area contributed by atoms with Crippen LogP contribution in [0.2, 0.25) is 10.0 Å². The van der Waals surface area contributed by atoms with Crippen molar-refractivity contribution in [2.45, 2.75) is 51.7 Å². The highest BCUT2D eigenvalue weighted by molar-refractivity contribution is 7.92. The maximum absolute atomic E-state index is 13.2. The zero-order valence-corrected chi connectivity index (χ0v) is 21.4. The number of hydrogen-bond acceptors (Lipinski definition) is 4. The Morgan fingerprint density at radius 3 is 2.24 bits per heavy atom. The smallest absolute Gasteiger partial charge is 0.244 e. The van der Waals surface area contributed by atoms with Crippen molar-refractivity contribution >= 4 is 44.8 Å². The predicted octanol–water partition coefficient (Wildman–Crippen LogP) is 4.84. The molecule has 1 heterocycles. The van der Waals surface area contributed by atoms with Crippen LogP contribution in [-0.2, 0) is 27.9 Å². The van der Waals surface area contributed by atoms with Gasteiger partial charge in [0.25, 0.3) is 0 Å². The summed E-state index contributed by atoms with van der Waals surface area (Å²) in [6.45, 7) is 5.13. The molecule has 1 amide bonds. The topological polar surface area (TPSA) is 69.7 Å². The number of halogens is 2. The number of hydrogen-bond donors (Lipinski definition) is 1. The summed E-state index contributed by atoms with van der Waals surface area (Å²) in [5.41, 5.74) is 2.47. The van der Waals surface area contributed by atoms with E-state index in [1.54, 1.807) is 6.92 Å². The van der Waals surface area contributed by atoms with Crippen molar-refractivity contribution in [2.24, 2.45) is 0 Å². The van der Waals surface area contributed by atoms with Crippen LogP contribution in [-0.4, -0.2) is 44.6 Å². The molecule has 0 aromatic heterocycles. The van der Waals surface area contributed by atoms with Gasteiger partial charge >= 0.3 is 0 Å². The molecule has 1 aliphatic rings. The molecular formula is C24H31Cl2N3O3S. The van der Waals surface area contributed by atoms with Gasteiger partial charge in [-0.2, -0.15) is 0 Å². The second kappa shape index (κ2) is 11.6. The van der Waals surface area contributed by atoms with E-state index < -0.39 is 16.1 Å². The van der Waals surface area contributed by atoms with E-state index in [2.05, 4.69) is 16.3 Å². The number of benzene rings is 2. The summed E-state index contributed by atoms with van der Waals surface area (Å²) in [6.07, 6.45) is 5.07. The van der Waals surface area contributed by atoms with Crippen LogP contribution < -0.4 is 9.62 Å². The van der Waals surface area contributed by atoms with Crippen LogP contribution >= 0.6 is 23.2 Å². The molecule has 2 aromatic carbocycles. The van der Waals surface area contributed by atoms with E-state index in [9.17, 15) is 13.2 Å². The minimum atomic E-state index is -3.77. The molecule has 0 spiro atoms. The number of likely N-dealkylation sites (tertiary alicyclic amines) is 1. The van der Waals surface area contributed by atoms with E-state index in [1.807, 2.05) is 18.2 Å². The highest BCUT2D eigenvalue weighted by atomic mass is 35.5. The fourth-order valence-corrected chi connectivity index (χ4v) is 5.98. The third-order valence-electron chi connectivity index (χ3n) is 5.85. The van der Waals surface area contributed by atoms with Gasteiger partial charge in [-0.15, -0.1) is 0 Å². The lowest BCUT2D eigenvalue weighted by atomic mass is 10.0. The zero-order valence-electron chi connectivity index (χ0n) is 19.1. The molecule has 9 heteroatoms. The van der Waals surface area contributed by atoms with Gasteiger partial charge in [-0.25, -0.2) is 8.42 Å². The first-order valence-corrected chi connectivity index (χ1v) is 13.8. The molecular weight excluding hydrogens is 481 g/mol. The van der Waals surface area contributed by atoms with Gasteiger partial charge in [-0.05, 0) is 61.7 Å². The third kappa shape index (κ3) is 7.09. The van der Waals surface area contributed by atoms with E-state index in [0.717, 1.165) is 35.8 Å². The standard InChI is InChI=1S/C24H31Cl2N3O3S/c1-3-23(29(33(2,31)32)22-14-20(25)13-21(26)15-22)24(30)27-16-18-9-5-6-10-19(18)17-28-11-7-4-8-12-28/h5-6,9-10,13-15,23H,3-4,7-8,11-12,16-17H2,1-2H3,(H,27,30). The van der Waals surface area contributed by atoms with Crippen LogP contribution in [0.25, 0.3) is 0 Å². The number of anilines is 1. The monoisotopic (exact) mass is 511 g/mol. The molecule has 3 rings (SSSR count). The van der Waals surface area contributed by atoms with Gasteiger partial charge in [0.15, 0.2) is 0 Å². The Morgan fingerprint density at radius 2 is 1.67 bits per heavy atom. The fourth-order valence-electron chi connectivity index (χ4n) is 4.27. The minimum Gasteiger partial charge on any atom is -0.350 e. The number of carbonyl (C=O) groups excluding carboxylic acids is 1. The number of carbonyl (C=O) groups is 1. The predicted molar refractivity (Wildman–Crippen MR) is 135 cm³/mol. The molecule has 6 nitrogen and oxygen atoms in total. The Kier molecular flexibility index (Phi) is 9.04. The average molecular weight is 513 g/mol. The number of piperidine rings is 1. The molecule has 1 N–H and O–H groups in total. The molecule has 180 valence electrons. The Bertz CT molecular complexity index is 1050. The van der Waals surface area contributed by atoms with E-state index >= 15 is 0 Å². The first-order valence-electron chi connectivity index (χ1n) is 11.2. The lowest BCUT2D eigenvalue weighted by molar-refractivity contribution is -0.122. The summed E-state index contributed by atoms with van der Waals surface area (Å²) in [6, 6.07) is 11.6. The second-order valence-electron chi connectivity index (χ2n) is 8.43. The molecule has 1 aliphatic heterocycles. The van der Waals surface area contributed by atoms with E-state index in [1.165, 1.54) is 43.0 Å². The molecule has 1 saturated heterocycles. The zero-order chi connectivity index (χ0) is 24.0. The van der Waals surface area contributed by atoms with E-state index in [-0.39, 0.29) is 11.6 Å².